The molecule has 0 bridgehead atoms. The van der Waals surface area contributed by atoms with E-state index >= 15 is 0 Å². The SMILES string of the molecule is CC(C)=CCNS(=O)(=O)c1c(N)ncn1C. The maximum atomic E-state index is 11.8. The molecule has 1 rings (SSSR count). The summed E-state index contributed by atoms with van der Waals surface area (Å²) in [6.07, 6.45) is 3.15. The molecule has 0 aromatic carbocycles. The Balaban J connectivity index is 2.91. The highest BCUT2D eigenvalue weighted by molar-refractivity contribution is 7.89. The minimum absolute atomic E-state index is 0.00495. The molecule has 0 amide bonds. The zero-order valence-electron chi connectivity index (χ0n) is 9.56. The molecule has 1 aromatic rings. The zero-order chi connectivity index (χ0) is 12.3. The molecule has 0 spiro atoms. The number of sulfonamides is 1. The van der Waals surface area contributed by atoms with Crippen LogP contribution < -0.4 is 10.5 Å². The maximum Gasteiger partial charge on any atom is 0.260 e. The molecule has 6 nitrogen and oxygen atoms in total. The second-order valence-corrected chi connectivity index (χ2v) is 5.36. The summed E-state index contributed by atoms with van der Waals surface area (Å²) in [5, 5.41) is -0.00495. The van der Waals surface area contributed by atoms with Crippen LogP contribution in [0.15, 0.2) is 23.0 Å². The Kier molecular flexibility index (Phi) is 3.71. The van der Waals surface area contributed by atoms with Crippen molar-refractivity contribution in [3.05, 3.63) is 18.0 Å². The largest absolute Gasteiger partial charge is 0.381 e. The average Bonchev–Trinajstić information content (AvgIpc) is 2.45. The van der Waals surface area contributed by atoms with E-state index in [1.807, 2.05) is 13.8 Å². The van der Waals surface area contributed by atoms with Gasteiger partial charge in [-0.05, 0) is 13.8 Å². The van der Waals surface area contributed by atoms with Gasteiger partial charge in [0.05, 0.1) is 6.33 Å². The normalized spacial score (nSPS) is 11.4. The number of anilines is 1. The number of rotatable bonds is 4. The van der Waals surface area contributed by atoms with Crippen molar-refractivity contribution in [3.63, 3.8) is 0 Å². The average molecular weight is 244 g/mol. The Hall–Kier alpha value is -1.34. The Morgan fingerprint density at radius 2 is 2.25 bits per heavy atom. The lowest BCUT2D eigenvalue weighted by Crippen LogP contribution is -2.26. The summed E-state index contributed by atoms with van der Waals surface area (Å²) in [5.74, 6) is 0.00667. The van der Waals surface area contributed by atoms with E-state index in [2.05, 4.69) is 9.71 Å². The predicted molar refractivity (Wildman–Crippen MR) is 62.2 cm³/mol. The van der Waals surface area contributed by atoms with Gasteiger partial charge in [0.15, 0.2) is 10.8 Å². The van der Waals surface area contributed by atoms with Crippen LogP contribution in [0.1, 0.15) is 13.8 Å². The van der Waals surface area contributed by atoms with E-state index in [4.69, 9.17) is 5.73 Å². The molecule has 90 valence electrons. The molecule has 1 heterocycles. The Morgan fingerprint density at radius 3 is 2.69 bits per heavy atom. The molecule has 0 aliphatic heterocycles. The Morgan fingerprint density at radius 1 is 1.62 bits per heavy atom. The van der Waals surface area contributed by atoms with E-state index in [1.165, 1.54) is 10.9 Å². The van der Waals surface area contributed by atoms with Crippen molar-refractivity contribution < 1.29 is 8.42 Å². The number of nitrogen functional groups attached to an aromatic ring is 1. The van der Waals surface area contributed by atoms with Gasteiger partial charge >= 0.3 is 0 Å². The molecule has 3 N–H and O–H groups in total. The number of nitrogens with zero attached hydrogens (tertiary/aromatic N) is 2. The van der Waals surface area contributed by atoms with Crippen molar-refractivity contribution in [1.82, 2.24) is 14.3 Å². The van der Waals surface area contributed by atoms with Crippen LogP contribution in [-0.2, 0) is 17.1 Å². The van der Waals surface area contributed by atoms with Crippen molar-refractivity contribution in [2.75, 3.05) is 12.3 Å². The molecule has 7 heteroatoms. The van der Waals surface area contributed by atoms with Crippen LogP contribution in [0.25, 0.3) is 0 Å². The van der Waals surface area contributed by atoms with E-state index in [0.29, 0.717) is 0 Å². The summed E-state index contributed by atoms with van der Waals surface area (Å²) in [4.78, 5) is 3.73. The van der Waals surface area contributed by atoms with Gasteiger partial charge in [-0.2, -0.15) is 0 Å². The third-order valence-corrected chi connectivity index (χ3v) is 3.50. The third kappa shape index (κ3) is 2.83. The lowest BCUT2D eigenvalue weighted by atomic mass is 10.3. The molecule has 0 aliphatic rings. The monoisotopic (exact) mass is 244 g/mol. The lowest BCUT2D eigenvalue weighted by Gasteiger charge is -2.06. The molecular formula is C9H16N4O2S. The van der Waals surface area contributed by atoms with Crippen molar-refractivity contribution in [2.24, 2.45) is 7.05 Å². The summed E-state index contributed by atoms with van der Waals surface area (Å²) in [5.41, 5.74) is 6.53. The van der Waals surface area contributed by atoms with Crippen LogP contribution in [0.4, 0.5) is 5.82 Å². The van der Waals surface area contributed by atoms with Gasteiger partial charge in [0.25, 0.3) is 10.0 Å². The van der Waals surface area contributed by atoms with Crippen molar-refractivity contribution in [1.29, 1.82) is 0 Å². The van der Waals surface area contributed by atoms with Gasteiger partial charge in [-0.25, -0.2) is 18.1 Å². The van der Waals surface area contributed by atoms with Crippen LogP contribution in [0.2, 0.25) is 0 Å². The van der Waals surface area contributed by atoms with Gasteiger partial charge in [-0.3, -0.25) is 0 Å². The summed E-state index contributed by atoms with van der Waals surface area (Å²) in [6.45, 7) is 4.04. The fraction of sp³-hybridized carbons (Fsp3) is 0.444. The fourth-order valence-corrected chi connectivity index (χ4v) is 2.38. The van der Waals surface area contributed by atoms with E-state index < -0.39 is 10.0 Å². The topological polar surface area (TPSA) is 90.0 Å². The predicted octanol–water partition coefficient (Wildman–Crippen LogP) is 0.247. The molecular weight excluding hydrogens is 228 g/mol. The summed E-state index contributed by atoms with van der Waals surface area (Å²) >= 11 is 0. The van der Waals surface area contributed by atoms with Crippen LogP contribution in [0.3, 0.4) is 0 Å². The first kappa shape index (κ1) is 12.7. The first-order valence-corrected chi connectivity index (χ1v) is 6.22. The first-order chi connectivity index (χ1) is 7.34. The Bertz CT molecular complexity index is 478. The highest BCUT2D eigenvalue weighted by atomic mass is 32.2. The summed E-state index contributed by atoms with van der Waals surface area (Å²) < 4.78 is 27.5. The molecule has 0 saturated heterocycles. The van der Waals surface area contributed by atoms with Gasteiger partial charge in [0.2, 0.25) is 0 Å². The molecule has 0 unspecified atom stereocenters. The van der Waals surface area contributed by atoms with Crippen molar-refractivity contribution in [2.45, 2.75) is 18.9 Å². The second-order valence-electron chi connectivity index (χ2n) is 3.68. The van der Waals surface area contributed by atoms with Crippen molar-refractivity contribution in [3.8, 4) is 0 Å². The standard InChI is InChI=1S/C9H16N4O2S/c1-7(2)4-5-12-16(14,15)9-8(10)11-6-13(9)3/h4,6,12H,5,10H2,1-3H3. The smallest absolute Gasteiger partial charge is 0.260 e. The minimum atomic E-state index is -3.59. The second kappa shape index (κ2) is 4.67. The number of nitrogens with two attached hydrogens (primary N) is 1. The van der Waals surface area contributed by atoms with Gasteiger partial charge in [0.1, 0.15) is 0 Å². The van der Waals surface area contributed by atoms with Crippen LogP contribution >= 0.6 is 0 Å². The van der Waals surface area contributed by atoms with Gasteiger partial charge < -0.3 is 10.3 Å². The number of nitrogens with one attached hydrogen (secondary N) is 1. The summed E-state index contributed by atoms with van der Waals surface area (Å²) in [7, 11) is -2.01. The number of hydrogen-bond donors (Lipinski definition) is 2. The number of allylic oxidation sites excluding steroid dienone is 1. The highest BCUT2D eigenvalue weighted by Gasteiger charge is 2.21. The molecule has 0 aliphatic carbocycles. The van der Waals surface area contributed by atoms with E-state index in [9.17, 15) is 8.42 Å². The summed E-state index contributed by atoms with van der Waals surface area (Å²) in [6, 6.07) is 0. The Labute approximate surface area is 95.2 Å². The zero-order valence-corrected chi connectivity index (χ0v) is 10.4. The van der Waals surface area contributed by atoms with Gasteiger partial charge in [0, 0.05) is 13.6 Å². The fourth-order valence-electron chi connectivity index (χ4n) is 1.19. The van der Waals surface area contributed by atoms with Crippen molar-refractivity contribution >= 4 is 15.8 Å². The van der Waals surface area contributed by atoms with Crippen LogP contribution in [0, 0.1) is 0 Å². The number of hydrogen-bond acceptors (Lipinski definition) is 4. The quantitative estimate of drug-likeness (QED) is 0.743. The molecule has 0 atom stereocenters. The van der Waals surface area contributed by atoms with E-state index in [1.54, 1.807) is 13.1 Å². The van der Waals surface area contributed by atoms with Crippen LogP contribution in [-0.4, -0.2) is 24.5 Å². The van der Waals surface area contributed by atoms with E-state index in [0.717, 1.165) is 5.57 Å². The highest BCUT2D eigenvalue weighted by Crippen LogP contribution is 2.14. The molecule has 16 heavy (non-hydrogen) atoms. The number of aromatic nitrogens is 2. The molecule has 0 fully saturated rings. The minimum Gasteiger partial charge on any atom is -0.381 e. The van der Waals surface area contributed by atoms with Gasteiger partial charge in [-0.1, -0.05) is 11.6 Å². The molecule has 0 radical (unpaired) electrons. The molecule has 0 saturated carbocycles. The van der Waals surface area contributed by atoms with E-state index in [-0.39, 0.29) is 17.4 Å². The number of aryl methyl sites for hydroxylation is 1. The molecule has 1 aromatic heterocycles. The maximum absolute atomic E-state index is 11.8. The van der Waals surface area contributed by atoms with Gasteiger partial charge in [-0.15, -0.1) is 0 Å². The first-order valence-electron chi connectivity index (χ1n) is 4.74. The third-order valence-electron chi connectivity index (χ3n) is 1.95. The van der Waals surface area contributed by atoms with Crippen LogP contribution in [0.5, 0.6) is 0 Å². The number of imidazole rings is 1. The lowest BCUT2D eigenvalue weighted by molar-refractivity contribution is 0.576.